The molecule has 0 radical (unpaired) electrons. The summed E-state index contributed by atoms with van der Waals surface area (Å²) in [4.78, 5) is 30.2. The van der Waals surface area contributed by atoms with Crippen molar-refractivity contribution < 1.29 is 4.79 Å². The Balaban J connectivity index is 2.21. The standard InChI is InChI=1S/C17H19N3O2S/c1-9-6-11-12(7-10(9)2)20-14(21)8-13(23-16(20)18-11)15(22)19-17(3,4)5/h6-8H,1-5H3,(H,19,22). The molecule has 0 aliphatic heterocycles. The molecule has 1 aromatic carbocycles. The van der Waals surface area contributed by atoms with Crippen LogP contribution in [0.3, 0.4) is 0 Å². The van der Waals surface area contributed by atoms with Crippen molar-refractivity contribution in [2.24, 2.45) is 0 Å². The molecule has 0 aliphatic rings. The first-order chi connectivity index (χ1) is 10.7. The lowest BCUT2D eigenvalue weighted by Gasteiger charge is -2.20. The lowest BCUT2D eigenvalue weighted by atomic mass is 10.1. The molecular formula is C17H19N3O2S. The Hall–Kier alpha value is -2.21. The van der Waals surface area contributed by atoms with Crippen LogP contribution in [0.4, 0.5) is 0 Å². The zero-order valence-electron chi connectivity index (χ0n) is 13.9. The quantitative estimate of drug-likeness (QED) is 0.746. The van der Waals surface area contributed by atoms with Gasteiger partial charge in [0.25, 0.3) is 11.5 Å². The molecule has 0 saturated carbocycles. The Morgan fingerprint density at radius 3 is 2.48 bits per heavy atom. The Morgan fingerprint density at radius 2 is 1.83 bits per heavy atom. The number of hydrogen-bond acceptors (Lipinski definition) is 4. The molecule has 2 heterocycles. The van der Waals surface area contributed by atoms with Crippen molar-refractivity contribution >= 4 is 33.2 Å². The lowest BCUT2D eigenvalue weighted by Crippen LogP contribution is -2.40. The number of aryl methyl sites for hydroxylation is 2. The van der Waals surface area contributed by atoms with Gasteiger partial charge in [-0.25, -0.2) is 4.98 Å². The monoisotopic (exact) mass is 329 g/mol. The highest BCUT2D eigenvalue weighted by molar-refractivity contribution is 7.18. The third-order valence-corrected chi connectivity index (χ3v) is 4.61. The first-order valence-corrected chi connectivity index (χ1v) is 8.23. The minimum absolute atomic E-state index is 0.233. The lowest BCUT2D eigenvalue weighted by molar-refractivity contribution is 0.0923. The number of amides is 1. The Morgan fingerprint density at radius 1 is 1.17 bits per heavy atom. The normalized spacial score (nSPS) is 12.0. The maximum atomic E-state index is 12.5. The molecule has 0 saturated heterocycles. The number of nitrogens with one attached hydrogen (secondary N) is 1. The Kier molecular flexibility index (Phi) is 3.52. The van der Waals surface area contributed by atoms with Crippen LogP contribution >= 0.6 is 11.3 Å². The van der Waals surface area contributed by atoms with Crippen LogP contribution in [-0.4, -0.2) is 20.8 Å². The molecule has 6 heteroatoms. The van der Waals surface area contributed by atoms with Gasteiger partial charge in [0.1, 0.15) is 4.88 Å². The number of imidazole rings is 1. The van der Waals surface area contributed by atoms with Crippen LogP contribution in [0, 0.1) is 13.8 Å². The number of rotatable bonds is 1. The Labute approximate surface area is 138 Å². The van der Waals surface area contributed by atoms with E-state index in [0.717, 1.165) is 22.2 Å². The first kappa shape index (κ1) is 15.7. The van der Waals surface area contributed by atoms with Gasteiger partial charge in [-0.05, 0) is 57.9 Å². The topological polar surface area (TPSA) is 63.5 Å². The van der Waals surface area contributed by atoms with Crippen molar-refractivity contribution in [3.05, 3.63) is 44.6 Å². The third kappa shape index (κ3) is 2.86. The molecule has 1 N–H and O–H groups in total. The summed E-state index contributed by atoms with van der Waals surface area (Å²) in [6.45, 7) is 9.74. The fourth-order valence-electron chi connectivity index (χ4n) is 2.41. The molecule has 0 aliphatic carbocycles. The number of fused-ring (bicyclic) bond motifs is 3. The van der Waals surface area contributed by atoms with E-state index in [1.165, 1.54) is 17.4 Å². The first-order valence-electron chi connectivity index (χ1n) is 7.42. The fraction of sp³-hybridized carbons (Fsp3) is 0.353. The predicted octanol–water partition coefficient (Wildman–Crippen LogP) is 3.05. The van der Waals surface area contributed by atoms with Crippen LogP contribution in [0.1, 0.15) is 41.6 Å². The van der Waals surface area contributed by atoms with Crippen LogP contribution < -0.4 is 10.9 Å². The summed E-state index contributed by atoms with van der Waals surface area (Å²) in [5.74, 6) is -0.249. The number of nitrogens with zero attached hydrogens (tertiary/aromatic N) is 2. The van der Waals surface area contributed by atoms with Crippen molar-refractivity contribution in [2.45, 2.75) is 40.2 Å². The van der Waals surface area contributed by atoms with Gasteiger partial charge in [0, 0.05) is 11.6 Å². The van der Waals surface area contributed by atoms with E-state index in [0.29, 0.717) is 9.84 Å². The average Bonchev–Trinajstić information content (AvgIpc) is 2.75. The summed E-state index contributed by atoms with van der Waals surface area (Å²) < 4.78 is 1.57. The zero-order chi connectivity index (χ0) is 16.9. The average molecular weight is 329 g/mol. The highest BCUT2D eigenvalue weighted by Crippen LogP contribution is 2.22. The smallest absolute Gasteiger partial charge is 0.262 e. The number of carbonyl (C=O) groups excluding carboxylic acids is 1. The van der Waals surface area contributed by atoms with Crippen molar-refractivity contribution in [3.63, 3.8) is 0 Å². The van der Waals surface area contributed by atoms with Crippen LogP contribution in [-0.2, 0) is 0 Å². The summed E-state index contributed by atoms with van der Waals surface area (Å²) in [5, 5.41) is 2.87. The molecule has 1 amide bonds. The van der Waals surface area contributed by atoms with Crippen LogP contribution in [0.2, 0.25) is 0 Å². The molecule has 120 valence electrons. The summed E-state index contributed by atoms with van der Waals surface area (Å²) in [5.41, 5.74) is 3.21. The van der Waals surface area contributed by atoms with E-state index < -0.39 is 0 Å². The van der Waals surface area contributed by atoms with Gasteiger partial charge in [0.2, 0.25) is 0 Å². The molecule has 0 spiro atoms. The van der Waals surface area contributed by atoms with Gasteiger partial charge in [-0.3, -0.25) is 14.0 Å². The highest BCUT2D eigenvalue weighted by Gasteiger charge is 2.18. The maximum absolute atomic E-state index is 12.5. The van der Waals surface area contributed by atoms with Gasteiger partial charge in [-0.1, -0.05) is 11.3 Å². The molecule has 0 unspecified atom stereocenters. The summed E-state index contributed by atoms with van der Waals surface area (Å²) >= 11 is 1.23. The minimum Gasteiger partial charge on any atom is -0.347 e. The molecule has 23 heavy (non-hydrogen) atoms. The van der Waals surface area contributed by atoms with Gasteiger partial charge in [-0.2, -0.15) is 0 Å². The number of aromatic nitrogens is 2. The van der Waals surface area contributed by atoms with E-state index in [1.807, 2.05) is 46.8 Å². The fourth-order valence-corrected chi connectivity index (χ4v) is 3.33. The Bertz CT molecular complexity index is 993. The van der Waals surface area contributed by atoms with E-state index in [9.17, 15) is 9.59 Å². The molecule has 2 aromatic heterocycles. The van der Waals surface area contributed by atoms with E-state index in [-0.39, 0.29) is 17.0 Å². The van der Waals surface area contributed by atoms with Crippen molar-refractivity contribution in [3.8, 4) is 0 Å². The van der Waals surface area contributed by atoms with E-state index >= 15 is 0 Å². The van der Waals surface area contributed by atoms with Crippen LogP contribution in [0.15, 0.2) is 23.0 Å². The van der Waals surface area contributed by atoms with E-state index in [2.05, 4.69) is 10.3 Å². The van der Waals surface area contributed by atoms with Crippen LogP contribution in [0.5, 0.6) is 0 Å². The molecule has 0 fully saturated rings. The van der Waals surface area contributed by atoms with Crippen molar-refractivity contribution in [1.29, 1.82) is 0 Å². The second-order valence-corrected chi connectivity index (χ2v) is 7.82. The van der Waals surface area contributed by atoms with Crippen molar-refractivity contribution in [2.75, 3.05) is 0 Å². The summed E-state index contributed by atoms with van der Waals surface area (Å²) in [7, 11) is 0. The number of hydrogen-bond donors (Lipinski definition) is 1. The minimum atomic E-state index is -0.354. The molecule has 3 aromatic rings. The maximum Gasteiger partial charge on any atom is 0.262 e. The van der Waals surface area contributed by atoms with Gasteiger partial charge in [0.05, 0.1) is 11.0 Å². The van der Waals surface area contributed by atoms with Gasteiger partial charge >= 0.3 is 0 Å². The molecule has 0 atom stereocenters. The molecule has 0 bridgehead atoms. The van der Waals surface area contributed by atoms with Gasteiger partial charge in [0.15, 0.2) is 4.96 Å². The highest BCUT2D eigenvalue weighted by atomic mass is 32.1. The molecule has 3 rings (SSSR count). The largest absolute Gasteiger partial charge is 0.347 e. The number of carbonyl (C=O) groups is 1. The van der Waals surface area contributed by atoms with Gasteiger partial charge < -0.3 is 5.32 Å². The molecular weight excluding hydrogens is 310 g/mol. The van der Waals surface area contributed by atoms with E-state index in [4.69, 9.17) is 0 Å². The summed E-state index contributed by atoms with van der Waals surface area (Å²) in [6.07, 6.45) is 0. The second-order valence-electron chi connectivity index (χ2n) is 6.81. The van der Waals surface area contributed by atoms with Gasteiger partial charge in [-0.15, -0.1) is 0 Å². The second kappa shape index (κ2) is 5.16. The van der Waals surface area contributed by atoms with E-state index in [1.54, 1.807) is 4.40 Å². The molecule has 5 nitrogen and oxygen atoms in total. The third-order valence-electron chi connectivity index (χ3n) is 3.63. The SMILES string of the molecule is Cc1cc2nc3sc(C(=O)NC(C)(C)C)cc(=O)n3c2cc1C. The predicted molar refractivity (Wildman–Crippen MR) is 93.5 cm³/mol. The van der Waals surface area contributed by atoms with Crippen molar-refractivity contribution in [1.82, 2.24) is 14.7 Å². The number of benzene rings is 1. The zero-order valence-corrected chi connectivity index (χ0v) is 14.7. The summed E-state index contributed by atoms with van der Waals surface area (Å²) in [6, 6.07) is 5.32. The van der Waals surface area contributed by atoms with Crippen LogP contribution in [0.25, 0.3) is 16.0 Å².